The molecule has 2 unspecified atom stereocenters. The number of carboxylic acid groups (broad SMARTS) is 1. The first-order valence-corrected chi connectivity index (χ1v) is 7.24. The Balaban J connectivity index is 1.96. The highest BCUT2D eigenvalue weighted by Gasteiger charge is 2.32. The molecule has 1 amide bonds. The zero-order valence-electron chi connectivity index (χ0n) is 10.7. The average molecular weight is 344 g/mol. The predicted molar refractivity (Wildman–Crippen MR) is 74.9 cm³/mol. The van der Waals surface area contributed by atoms with Crippen molar-refractivity contribution in [2.45, 2.75) is 19.3 Å². The second-order valence-electron chi connectivity index (χ2n) is 5.00. The van der Waals surface area contributed by atoms with Gasteiger partial charge in [0.15, 0.2) is 0 Å². The molecular formula is C14H15BrFNO3. The topological polar surface area (TPSA) is 66.4 Å². The highest BCUT2D eigenvalue weighted by Crippen LogP contribution is 2.31. The van der Waals surface area contributed by atoms with Crippen LogP contribution in [0.4, 0.5) is 4.39 Å². The second-order valence-corrected chi connectivity index (χ2v) is 5.92. The number of carbonyl (C=O) groups excluding carboxylic acids is 1. The van der Waals surface area contributed by atoms with E-state index in [1.54, 1.807) is 0 Å². The van der Waals surface area contributed by atoms with E-state index in [2.05, 4.69) is 21.2 Å². The molecule has 0 radical (unpaired) electrons. The Morgan fingerprint density at radius 2 is 2.10 bits per heavy atom. The van der Waals surface area contributed by atoms with Gasteiger partial charge in [0, 0.05) is 16.6 Å². The van der Waals surface area contributed by atoms with Gasteiger partial charge in [0.25, 0.3) is 5.91 Å². The van der Waals surface area contributed by atoms with E-state index < -0.39 is 17.7 Å². The molecule has 6 heteroatoms. The summed E-state index contributed by atoms with van der Waals surface area (Å²) in [4.78, 5) is 23.0. The minimum atomic E-state index is -0.810. The Kier molecular flexibility index (Phi) is 4.75. The highest BCUT2D eigenvalue weighted by atomic mass is 79.9. The number of nitrogens with one attached hydrogen (secondary N) is 1. The first-order valence-electron chi connectivity index (χ1n) is 6.44. The molecule has 0 heterocycles. The molecule has 1 aromatic rings. The third kappa shape index (κ3) is 3.56. The zero-order chi connectivity index (χ0) is 14.7. The summed E-state index contributed by atoms with van der Waals surface area (Å²) in [6.45, 7) is 0.309. The van der Waals surface area contributed by atoms with Crippen LogP contribution in [-0.2, 0) is 4.79 Å². The number of carboxylic acids is 1. The maximum absolute atomic E-state index is 13.2. The molecular weight excluding hydrogens is 329 g/mol. The van der Waals surface area contributed by atoms with E-state index in [0.717, 1.165) is 18.9 Å². The van der Waals surface area contributed by atoms with Gasteiger partial charge in [0.1, 0.15) is 5.82 Å². The van der Waals surface area contributed by atoms with Crippen LogP contribution >= 0.6 is 15.9 Å². The number of carbonyl (C=O) groups is 2. The maximum Gasteiger partial charge on any atom is 0.306 e. The molecule has 1 aliphatic carbocycles. The van der Waals surface area contributed by atoms with E-state index >= 15 is 0 Å². The Morgan fingerprint density at radius 3 is 2.75 bits per heavy atom. The summed E-state index contributed by atoms with van der Waals surface area (Å²) in [6.07, 6.45) is 2.31. The standard InChI is InChI=1S/C14H15BrFNO3/c15-10-4-9(5-11(16)6-10)13(18)17-7-8-2-1-3-12(8)14(19)20/h4-6,8,12H,1-3,7H2,(H,17,18)(H,19,20). The van der Waals surface area contributed by atoms with E-state index in [-0.39, 0.29) is 17.4 Å². The summed E-state index contributed by atoms with van der Waals surface area (Å²) in [6, 6.07) is 3.96. The molecule has 0 spiro atoms. The van der Waals surface area contributed by atoms with Gasteiger partial charge in [-0.2, -0.15) is 0 Å². The highest BCUT2D eigenvalue weighted by molar-refractivity contribution is 9.10. The van der Waals surface area contributed by atoms with Crippen molar-refractivity contribution >= 4 is 27.8 Å². The fourth-order valence-corrected chi connectivity index (χ4v) is 3.08. The third-order valence-electron chi connectivity index (χ3n) is 3.63. The number of halogens is 2. The van der Waals surface area contributed by atoms with Gasteiger partial charge in [-0.15, -0.1) is 0 Å². The number of hydrogen-bond acceptors (Lipinski definition) is 2. The summed E-state index contributed by atoms with van der Waals surface area (Å²) in [5.74, 6) is -2.13. The van der Waals surface area contributed by atoms with Gasteiger partial charge in [-0.05, 0) is 37.0 Å². The number of rotatable bonds is 4. The SMILES string of the molecule is O=C(NCC1CCCC1C(=O)O)c1cc(F)cc(Br)c1. The van der Waals surface area contributed by atoms with Crippen molar-refractivity contribution in [3.8, 4) is 0 Å². The van der Waals surface area contributed by atoms with Gasteiger partial charge in [0.05, 0.1) is 5.92 Å². The lowest BCUT2D eigenvalue weighted by Gasteiger charge is -2.16. The zero-order valence-corrected chi connectivity index (χ0v) is 12.3. The lowest BCUT2D eigenvalue weighted by atomic mass is 9.96. The van der Waals surface area contributed by atoms with Crippen LogP contribution in [0, 0.1) is 17.7 Å². The van der Waals surface area contributed by atoms with Crippen LogP contribution in [-0.4, -0.2) is 23.5 Å². The normalized spacial score (nSPS) is 21.7. The van der Waals surface area contributed by atoms with E-state index in [4.69, 9.17) is 5.11 Å². The molecule has 0 aromatic heterocycles. The van der Waals surface area contributed by atoms with Crippen LogP contribution in [0.1, 0.15) is 29.6 Å². The average Bonchev–Trinajstić information content (AvgIpc) is 2.83. The van der Waals surface area contributed by atoms with E-state index in [9.17, 15) is 14.0 Å². The first-order chi connectivity index (χ1) is 9.47. The number of benzene rings is 1. The van der Waals surface area contributed by atoms with Crippen molar-refractivity contribution in [1.29, 1.82) is 0 Å². The summed E-state index contributed by atoms with van der Waals surface area (Å²) in [7, 11) is 0. The van der Waals surface area contributed by atoms with Gasteiger partial charge in [-0.3, -0.25) is 9.59 Å². The minimum Gasteiger partial charge on any atom is -0.481 e. The molecule has 4 nitrogen and oxygen atoms in total. The van der Waals surface area contributed by atoms with Crippen molar-refractivity contribution in [2.75, 3.05) is 6.54 Å². The van der Waals surface area contributed by atoms with Crippen LogP contribution in [0.25, 0.3) is 0 Å². The molecule has 0 aliphatic heterocycles. The Bertz CT molecular complexity index is 515. The van der Waals surface area contributed by atoms with E-state index in [0.29, 0.717) is 17.4 Å². The van der Waals surface area contributed by atoms with E-state index in [1.165, 1.54) is 12.1 Å². The monoisotopic (exact) mass is 343 g/mol. The Morgan fingerprint density at radius 1 is 1.35 bits per heavy atom. The molecule has 1 aromatic carbocycles. The number of aliphatic carboxylic acids is 1. The second kappa shape index (κ2) is 6.35. The molecule has 0 bridgehead atoms. The molecule has 1 fully saturated rings. The lowest BCUT2D eigenvalue weighted by Crippen LogP contribution is -2.33. The van der Waals surface area contributed by atoms with Crippen LogP contribution < -0.4 is 5.32 Å². The Labute approximate surface area is 124 Å². The molecule has 0 saturated heterocycles. The number of hydrogen-bond donors (Lipinski definition) is 2. The molecule has 2 rings (SSSR count). The molecule has 1 saturated carbocycles. The molecule has 108 valence electrons. The summed E-state index contributed by atoms with van der Waals surface area (Å²) < 4.78 is 13.7. The Hall–Kier alpha value is -1.43. The smallest absolute Gasteiger partial charge is 0.306 e. The first kappa shape index (κ1) is 15.0. The van der Waals surface area contributed by atoms with Gasteiger partial charge >= 0.3 is 5.97 Å². The van der Waals surface area contributed by atoms with Crippen LogP contribution in [0.2, 0.25) is 0 Å². The van der Waals surface area contributed by atoms with Gasteiger partial charge < -0.3 is 10.4 Å². The molecule has 2 atom stereocenters. The predicted octanol–water partition coefficient (Wildman–Crippen LogP) is 2.82. The quantitative estimate of drug-likeness (QED) is 0.883. The summed E-state index contributed by atoms with van der Waals surface area (Å²) in [5.41, 5.74) is 0.224. The molecule has 20 heavy (non-hydrogen) atoms. The van der Waals surface area contributed by atoms with E-state index in [1.807, 2.05) is 0 Å². The minimum absolute atomic E-state index is 0.0477. The fourth-order valence-electron chi connectivity index (χ4n) is 2.62. The summed E-state index contributed by atoms with van der Waals surface area (Å²) >= 11 is 3.13. The maximum atomic E-state index is 13.2. The van der Waals surface area contributed by atoms with Crippen LogP contribution in [0.3, 0.4) is 0 Å². The van der Waals surface area contributed by atoms with Crippen molar-refractivity contribution in [2.24, 2.45) is 11.8 Å². The van der Waals surface area contributed by atoms with Gasteiger partial charge in [0.2, 0.25) is 0 Å². The largest absolute Gasteiger partial charge is 0.481 e. The van der Waals surface area contributed by atoms with Crippen LogP contribution in [0.15, 0.2) is 22.7 Å². The third-order valence-corrected chi connectivity index (χ3v) is 4.08. The fraction of sp³-hybridized carbons (Fsp3) is 0.429. The van der Waals surface area contributed by atoms with Crippen molar-refractivity contribution in [3.05, 3.63) is 34.1 Å². The van der Waals surface area contributed by atoms with Gasteiger partial charge in [-0.25, -0.2) is 4.39 Å². The van der Waals surface area contributed by atoms with Crippen LogP contribution in [0.5, 0.6) is 0 Å². The lowest BCUT2D eigenvalue weighted by molar-refractivity contribution is -0.142. The summed E-state index contributed by atoms with van der Waals surface area (Å²) in [5, 5.41) is 11.8. The van der Waals surface area contributed by atoms with Crippen molar-refractivity contribution < 1.29 is 19.1 Å². The number of amides is 1. The molecule has 2 N–H and O–H groups in total. The van der Waals surface area contributed by atoms with Crippen molar-refractivity contribution in [3.63, 3.8) is 0 Å². The molecule has 1 aliphatic rings. The van der Waals surface area contributed by atoms with Gasteiger partial charge in [-0.1, -0.05) is 22.4 Å². The van der Waals surface area contributed by atoms with Crippen molar-refractivity contribution in [1.82, 2.24) is 5.32 Å².